The van der Waals surface area contributed by atoms with Gasteiger partial charge in [0, 0.05) is 6.42 Å². The molecule has 0 fully saturated rings. The van der Waals surface area contributed by atoms with Crippen molar-refractivity contribution < 1.29 is 49.2 Å². The summed E-state index contributed by atoms with van der Waals surface area (Å²) in [6.07, 6.45) is -3.10. The third-order valence-electron chi connectivity index (χ3n) is 3.90. The summed E-state index contributed by atoms with van der Waals surface area (Å²) in [4.78, 5) is 69.4. The molecule has 0 aromatic carbocycles. The fourth-order valence-corrected chi connectivity index (χ4v) is 2.23. The van der Waals surface area contributed by atoms with Crippen molar-refractivity contribution in [1.29, 1.82) is 0 Å². The molecule has 0 heterocycles. The van der Waals surface area contributed by atoms with Gasteiger partial charge in [0.15, 0.2) is 0 Å². The number of carbonyl (C=O) groups is 6. The zero-order valence-corrected chi connectivity index (χ0v) is 16.6. The highest BCUT2D eigenvalue weighted by Crippen LogP contribution is 2.03. The summed E-state index contributed by atoms with van der Waals surface area (Å²) in [6, 6.07) is -6.36. The van der Waals surface area contributed by atoms with Gasteiger partial charge in [-0.2, -0.15) is 0 Å². The van der Waals surface area contributed by atoms with Crippen LogP contribution < -0.4 is 27.4 Å². The van der Waals surface area contributed by atoms with E-state index in [1.54, 1.807) is 0 Å². The molecule has 5 atom stereocenters. The number of aliphatic hydroxyl groups is 2. The van der Waals surface area contributed by atoms with Gasteiger partial charge in [0.1, 0.15) is 18.1 Å². The van der Waals surface area contributed by atoms with Gasteiger partial charge in [-0.1, -0.05) is 0 Å². The van der Waals surface area contributed by atoms with Gasteiger partial charge in [-0.15, -0.1) is 0 Å². The van der Waals surface area contributed by atoms with Crippen molar-refractivity contribution in [2.75, 3.05) is 6.61 Å². The van der Waals surface area contributed by atoms with Crippen LogP contribution in [-0.4, -0.2) is 92.9 Å². The maximum atomic E-state index is 12.5. The minimum Gasteiger partial charge on any atom is -0.481 e. The molecule has 5 unspecified atom stereocenters. The number of nitrogens with one attached hydrogen (secondary N) is 3. The van der Waals surface area contributed by atoms with Gasteiger partial charge >= 0.3 is 11.9 Å². The quantitative estimate of drug-likeness (QED) is 0.121. The molecule has 0 spiro atoms. The van der Waals surface area contributed by atoms with E-state index >= 15 is 0 Å². The lowest BCUT2D eigenvalue weighted by atomic mass is 10.1. The zero-order valence-electron chi connectivity index (χ0n) is 16.6. The normalized spacial score (nSPS) is 15.5. The molecule has 0 aromatic heterocycles. The average Bonchev–Trinajstić information content (AvgIpc) is 2.65. The van der Waals surface area contributed by atoms with Crippen LogP contribution in [0.1, 0.15) is 26.2 Å². The first-order chi connectivity index (χ1) is 14.3. The van der Waals surface area contributed by atoms with E-state index in [9.17, 15) is 33.9 Å². The average molecular weight is 449 g/mol. The molecule has 15 heteroatoms. The molecule has 4 amide bonds. The Morgan fingerprint density at radius 1 is 0.903 bits per heavy atom. The van der Waals surface area contributed by atoms with E-state index in [4.69, 9.17) is 26.8 Å². The highest BCUT2D eigenvalue weighted by atomic mass is 16.4. The first-order valence-electron chi connectivity index (χ1n) is 8.98. The van der Waals surface area contributed by atoms with Crippen molar-refractivity contribution in [2.24, 2.45) is 11.5 Å². The highest BCUT2D eigenvalue weighted by molar-refractivity contribution is 5.95. The number of carboxylic acids is 2. The molecule has 176 valence electrons. The van der Waals surface area contributed by atoms with E-state index in [0.29, 0.717) is 0 Å². The second kappa shape index (κ2) is 13.1. The smallest absolute Gasteiger partial charge is 0.328 e. The Kier molecular flexibility index (Phi) is 11.7. The maximum absolute atomic E-state index is 12.5. The Labute approximate surface area is 176 Å². The van der Waals surface area contributed by atoms with E-state index in [1.807, 2.05) is 5.32 Å². The van der Waals surface area contributed by atoms with E-state index in [1.165, 1.54) is 0 Å². The number of primary amides is 1. The lowest BCUT2D eigenvalue weighted by molar-refractivity contribution is -0.144. The summed E-state index contributed by atoms with van der Waals surface area (Å²) in [5.74, 6) is -7.01. The number of carbonyl (C=O) groups excluding carboxylic acids is 4. The number of hydrogen-bond donors (Lipinski definition) is 9. The number of aliphatic carboxylic acids is 2. The molecule has 0 saturated heterocycles. The SMILES string of the molecule is CC(O)C(NC(=O)C(N)CC(N)=O)C(=O)NC(CCC(=O)O)C(=O)NC(CO)C(=O)O. The van der Waals surface area contributed by atoms with Gasteiger partial charge in [0.05, 0.1) is 25.2 Å². The van der Waals surface area contributed by atoms with Crippen LogP contribution in [0.2, 0.25) is 0 Å². The fraction of sp³-hybridized carbons (Fsp3) is 0.625. The molecule has 31 heavy (non-hydrogen) atoms. The Morgan fingerprint density at radius 2 is 1.45 bits per heavy atom. The van der Waals surface area contributed by atoms with Crippen LogP contribution in [0.15, 0.2) is 0 Å². The second-order valence-corrected chi connectivity index (χ2v) is 6.58. The van der Waals surface area contributed by atoms with Crippen molar-refractivity contribution in [3.05, 3.63) is 0 Å². The molecule has 0 bridgehead atoms. The number of carboxylic acid groups (broad SMARTS) is 2. The van der Waals surface area contributed by atoms with Gasteiger partial charge in [-0.05, 0) is 13.3 Å². The first-order valence-corrected chi connectivity index (χ1v) is 8.98. The molecule has 0 radical (unpaired) electrons. The molecule has 0 rings (SSSR count). The molecular formula is C16H27N5O10. The van der Waals surface area contributed by atoms with E-state index in [-0.39, 0.29) is 0 Å². The predicted octanol–water partition coefficient (Wildman–Crippen LogP) is -5.03. The summed E-state index contributed by atoms with van der Waals surface area (Å²) < 4.78 is 0. The molecule has 0 aliphatic carbocycles. The third kappa shape index (κ3) is 10.3. The minimum atomic E-state index is -1.71. The summed E-state index contributed by atoms with van der Waals surface area (Å²) in [7, 11) is 0. The Morgan fingerprint density at radius 3 is 1.87 bits per heavy atom. The molecule has 0 saturated carbocycles. The van der Waals surface area contributed by atoms with E-state index < -0.39 is 91.7 Å². The van der Waals surface area contributed by atoms with Crippen LogP contribution >= 0.6 is 0 Å². The van der Waals surface area contributed by atoms with Crippen molar-refractivity contribution in [3.8, 4) is 0 Å². The fourth-order valence-electron chi connectivity index (χ4n) is 2.23. The van der Waals surface area contributed by atoms with E-state index in [0.717, 1.165) is 6.92 Å². The topological polar surface area (TPSA) is 271 Å². The van der Waals surface area contributed by atoms with Gasteiger partial charge in [-0.25, -0.2) is 4.79 Å². The van der Waals surface area contributed by atoms with Crippen molar-refractivity contribution in [2.45, 2.75) is 56.5 Å². The number of aliphatic hydroxyl groups excluding tert-OH is 2. The molecule has 0 aromatic rings. The van der Waals surface area contributed by atoms with Crippen LogP contribution in [0.5, 0.6) is 0 Å². The maximum Gasteiger partial charge on any atom is 0.328 e. The summed E-state index contributed by atoms with van der Waals surface area (Å²) in [5.41, 5.74) is 10.4. The van der Waals surface area contributed by atoms with Crippen LogP contribution in [0.3, 0.4) is 0 Å². The van der Waals surface area contributed by atoms with Gasteiger partial charge in [-0.3, -0.25) is 24.0 Å². The van der Waals surface area contributed by atoms with E-state index in [2.05, 4.69) is 10.6 Å². The monoisotopic (exact) mass is 449 g/mol. The van der Waals surface area contributed by atoms with Crippen molar-refractivity contribution in [3.63, 3.8) is 0 Å². The Hall–Kier alpha value is -3.30. The summed E-state index contributed by atoms with van der Waals surface area (Å²) in [5, 5.41) is 42.6. The predicted molar refractivity (Wildman–Crippen MR) is 101 cm³/mol. The van der Waals surface area contributed by atoms with Crippen LogP contribution in [-0.2, 0) is 28.8 Å². The van der Waals surface area contributed by atoms with Crippen molar-refractivity contribution in [1.82, 2.24) is 16.0 Å². The minimum absolute atomic E-state index is 0.466. The summed E-state index contributed by atoms with van der Waals surface area (Å²) >= 11 is 0. The second-order valence-electron chi connectivity index (χ2n) is 6.58. The number of amides is 4. The van der Waals surface area contributed by atoms with Gasteiger partial charge in [0.25, 0.3) is 0 Å². The van der Waals surface area contributed by atoms with Gasteiger partial charge < -0.3 is 47.8 Å². The highest BCUT2D eigenvalue weighted by Gasteiger charge is 2.32. The molecule has 0 aliphatic rings. The summed E-state index contributed by atoms with van der Waals surface area (Å²) in [6.45, 7) is 0.160. The number of nitrogens with two attached hydrogens (primary N) is 2. The Bertz CT molecular complexity index is 698. The lowest BCUT2D eigenvalue weighted by Gasteiger charge is -2.26. The standard InChI is InChI=1S/C16H27N5O10/c1-6(23)12(21-13(27)7(17)4-10(18)24)15(29)19-8(2-3-11(25)26)14(28)20-9(5-22)16(30)31/h6-9,12,22-23H,2-5,17H2,1H3,(H2,18,24)(H,19,29)(H,20,28)(H,21,27)(H,25,26)(H,30,31). The molecule has 11 N–H and O–H groups in total. The van der Waals surface area contributed by atoms with Crippen LogP contribution in [0.4, 0.5) is 0 Å². The van der Waals surface area contributed by atoms with Gasteiger partial charge in [0.2, 0.25) is 23.6 Å². The van der Waals surface area contributed by atoms with Crippen molar-refractivity contribution >= 4 is 35.6 Å². The zero-order chi connectivity index (χ0) is 24.3. The Balaban J connectivity index is 5.41. The first kappa shape index (κ1) is 27.7. The molecule has 0 aliphatic heterocycles. The van der Waals surface area contributed by atoms with Crippen LogP contribution in [0.25, 0.3) is 0 Å². The van der Waals surface area contributed by atoms with Crippen LogP contribution in [0, 0.1) is 0 Å². The largest absolute Gasteiger partial charge is 0.481 e. The number of hydrogen-bond acceptors (Lipinski definition) is 9. The lowest BCUT2D eigenvalue weighted by Crippen LogP contribution is -2.60. The number of rotatable bonds is 14. The molecule has 15 nitrogen and oxygen atoms in total. The third-order valence-corrected chi connectivity index (χ3v) is 3.90. The molecular weight excluding hydrogens is 422 g/mol.